The largest absolute Gasteiger partial charge is 0.386 e. The molecule has 2 N–H and O–H groups in total. The van der Waals surface area contributed by atoms with Gasteiger partial charge in [0.25, 0.3) is 0 Å². The van der Waals surface area contributed by atoms with Crippen molar-refractivity contribution >= 4 is 11.8 Å². The first-order valence-corrected chi connectivity index (χ1v) is 3.94. The van der Waals surface area contributed by atoms with Crippen molar-refractivity contribution in [2.24, 2.45) is 0 Å². The Hall–Kier alpha value is -1.44. The molecule has 0 aromatic carbocycles. The first kappa shape index (κ1) is 8.65. The van der Waals surface area contributed by atoms with Crippen LogP contribution in [0.4, 0.5) is 5.69 Å². The van der Waals surface area contributed by atoms with Crippen LogP contribution in [0.5, 0.6) is 0 Å². The van der Waals surface area contributed by atoms with Crippen molar-refractivity contribution in [2.75, 3.05) is 12.4 Å². The van der Waals surface area contributed by atoms with Gasteiger partial charge in [0, 0.05) is 24.5 Å². The number of aromatic amines is 1. The van der Waals surface area contributed by atoms with Crippen LogP contribution in [-0.4, -0.2) is 12.0 Å². The fraction of sp³-hybridized carbons (Fsp3) is 0.200. The molecular formula is C10H14N2. The Morgan fingerprint density at radius 3 is 2.92 bits per heavy atom. The Morgan fingerprint density at radius 2 is 2.33 bits per heavy atom. The summed E-state index contributed by atoms with van der Waals surface area (Å²) in [5, 5.41) is 3.11. The van der Waals surface area contributed by atoms with Crippen LogP contribution < -0.4 is 5.32 Å². The second-order valence-corrected chi connectivity index (χ2v) is 2.59. The van der Waals surface area contributed by atoms with E-state index in [0.717, 1.165) is 11.4 Å². The lowest BCUT2D eigenvalue weighted by Crippen LogP contribution is -1.87. The summed E-state index contributed by atoms with van der Waals surface area (Å²) in [5.41, 5.74) is 3.47. The lowest BCUT2D eigenvalue weighted by Gasteiger charge is -1.97. The minimum absolute atomic E-state index is 1.12. The van der Waals surface area contributed by atoms with Crippen molar-refractivity contribution in [1.29, 1.82) is 0 Å². The average Bonchev–Trinajstić information content (AvgIpc) is 2.43. The Bertz CT molecular complexity index is 295. The van der Waals surface area contributed by atoms with Crippen LogP contribution in [0.2, 0.25) is 0 Å². The molecular weight excluding hydrogens is 148 g/mol. The minimum atomic E-state index is 1.12. The monoisotopic (exact) mass is 162 g/mol. The van der Waals surface area contributed by atoms with Crippen molar-refractivity contribution in [2.45, 2.75) is 6.92 Å². The molecule has 1 heterocycles. The molecule has 64 valence electrons. The predicted octanol–water partition coefficient (Wildman–Crippen LogP) is 2.56. The van der Waals surface area contributed by atoms with E-state index in [1.54, 1.807) is 6.08 Å². The summed E-state index contributed by atoms with van der Waals surface area (Å²) in [5.74, 6) is 0. The average molecular weight is 162 g/mol. The molecule has 1 aromatic heterocycles. The number of nitrogens with one attached hydrogen (secondary N) is 2. The summed E-state index contributed by atoms with van der Waals surface area (Å²) < 4.78 is 0. The maximum Gasteiger partial charge on any atom is 0.0591 e. The number of allylic oxidation sites excluding steroid dienone is 2. The highest BCUT2D eigenvalue weighted by molar-refractivity contribution is 5.69. The van der Waals surface area contributed by atoms with Crippen LogP contribution >= 0.6 is 0 Å². The third-order valence-corrected chi connectivity index (χ3v) is 1.80. The van der Waals surface area contributed by atoms with Crippen molar-refractivity contribution < 1.29 is 0 Å². The number of rotatable bonds is 3. The standard InChI is InChI=1S/C10H14N2/c1-4-5-6-9-8(2)12-7-10(9)11-3/h4-7,11-12H,1H2,2-3H3/b6-5-. The second kappa shape index (κ2) is 3.81. The molecule has 1 rings (SSSR count). The van der Waals surface area contributed by atoms with E-state index in [9.17, 15) is 0 Å². The van der Waals surface area contributed by atoms with E-state index in [4.69, 9.17) is 0 Å². The van der Waals surface area contributed by atoms with Gasteiger partial charge in [0.15, 0.2) is 0 Å². The number of anilines is 1. The van der Waals surface area contributed by atoms with Crippen molar-refractivity contribution in [3.05, 3.63) is 36.2 Å². The van der Waals surface area contributed by atoms with Crippen molar-refractivity contribution in [3.8, 4) is 0 Å². The van der Waals surface area contributed by atoms with Crippen LogP contribution in [0, 0.1) is 6.92 Å². The van der Waals surface area contributed by atoms with Crippen LogP contribution in [0.1, 0.15) is 11.3 Å². The highest BCUT2D eigenvalue weighted by Gasteiger charge is 2.01. The molecule has 0 radical (unpaired) electrons. The molecule has 2 nitrogen and oxygen atoms in total. The van der Waals surface area contributed by atoms with Gasteiger partial charge in [-0.2, -0.15) is 0 Å². The van der Waals surface area contributed by atoms with Gasteiger partial charge in [0.05, 0.1) is 5.69 Å². The molecule has 0 saturated carbocycles. The summed E-state index contributed by atoms with van der Waals surface area (Å²) in [6.45, 7) is 5.67. The molecule has 1 aromatic rings. The molecule has 0 aliphatic heterocycles. The van der Waals surface area contributed by atoms with E-state index >= 15 is 0 Å². The zero-order chi connectivity index (χ0) is 8.97. The van der Waals surface area contributed by atoms with Crippen molar-refractivity contribution in [1.82, 2.24) is 4.98 Å². The number of aromatic nitrogens is 1. The molecule has 0 bridgehead atoms. The lowest BCUT2D eigenvalue weighted by atomic mass is 10.2. The van der Waals surface area contributed by atoms with E-state index in [1.165, 1.54) is 5.56 Å². The Kier molecular flexibility index (Phi) is 2.75. The van der Waals surface area contributed by atoms with Gasteiger partial charge in [-0.1, -0.05) is 24.8 Å². The molecule has 0 fully saturated rings. The first-order valence-electron chi connectivity index (χ1n) is 3.94. The highest BCUT2D eigenvalue weighted by atomic mass is 14.9. The first-order chi connectivity index (χ1) is 5.79. The van der Waals surface area contributed by atoms with Gasteiger partial charge >= 0.3 is 0 Å². The third-order valence-electron chi connectivity index (χ3n) is 1.80. The maximum atomic E-state index is 3.63. The number of hydrogen-bond donors (Lipinski definition) is 2. The summed E-state index contributed by atoms with van der Waals surface area (Å²) in [4.78, 5) is 3.15. The predicted molar refractivity (Wildman–Crippen MR) is 54.3 cm³/mol. The van der Waals surface area contributed by atoms with Gasteiger partial charge in [-0.15, -0.1) is 0 Å². The molecule has 0 unspecified atom stereocenters. The number of hydrogen-bond acceptors (Lipinski definition) is 1. The molecule has 2 heteroatoms. The number of aryl methyl sites for hydroxylation is 1. The van der Waals surface area contributed by atoms with Crippen LogP contribution in [0.25, 0.3) is 6.08 Å². The topological polar surface area (TPSA) is 27.8 Å². The second-order valence-electron chi connectivity index (χ2n) is 2.59. The number of H-pyrrole nitrogens is 1. The van der Waals surface area contributed by atoms with E-state index in [0.29, 0.717) is 0 Å². The highest BCUT2D eigenvalue weighted by Crippen LogP contribution is 2.19. The van der Waals surface area contributed by atoms with Gasteiger partial charge in [0.2, 0.25) is 0 Å². The summed E-state index contributed by atoms with van der Waals surface area (Å²) >= 11 is 0. The van der Waals surface area contributed by atoms with Crippen LogP contribution in [-0.2, 0) is 0 Å². The molecule has 0 amide bonds. The van der Waals surface area contributed by atoms with E-state index in [1.807, 2.05) is 32.3 Å². The quantitative estimate of drug-likeness (QED) is 0.657. The minimum Gasteiger partial charge on any atom is -0.386 e. The molecule has 0 aliphatic rings. The normalized spacial score (nSPS) is 10.5. The van der Waals surface area contributed by atoms with E-state index < -0.39 is 0 Å². The summed E-state index contributed by atoms with van der Waals surface area (Å²) in [7, 11) is 1.91. The molecule has 0 spiro atoms. The smallest absolute Gasteiger partial charge is 0.0591 e. The van der Waals surface area contributed by atoms with Gasteiger partial charge in [-0.05, 0) is 6.92 Å². The van der Waals surface area contributed by atoms with Gasteiger partial charge in [-0.3, -0.25) is 0 Å². The fourth-order valence-electron chi connectivity index (χ4n) is 1.12. The Morgan fingerprint density at radius 1 is 1.58 bits per heavy atom. The van der Waals surface area contributed by atoms with E-state index in [-0.39, 0.29) is 0 Å². The third kappa shape index (κ3) is 1.59. The molecule has 0 aliphatic carbocycles. The van der Waals surface area contributed by atoms with Gasteiger partial charge in [0.1, 0.15) is 0 Å². The van der Waals surface area contributed by atoms with E-state index in [2.05, 4.69) is 16.9 Å². The molecule has 12 heavy (non-hydrogen) atoms. The van der Waals surface area contributed by atoms with Crippen LogP contribution in [0.3, 0.4) is 0 Å². The maximum absolute atomic E-state index is 3.63. The Balaban J connectivity index is 3.01. The van der Waals surface area contributed by atoms with Crippen molar-refractivity contribution in [3.63, 3.8) is 0 Å². The molecule has 0 atom stereocenters. The summed E-state index contributed by atoms with van der Waals surface area (Å²) in [6.07, 6.45) is 7.69. The van der Waals surface area contributed by atoms with Crippen LogP contribution in [0.15, 0.2) is 24.9 Å². The fourth-order valence-corrected chi connectivity index (χ4v) is 1.12. The Labute approximate surface area is 73.0 Å². The summed E-state index contributed by atoms with van der Waals surface area (Å²) in [6, 6.07) is 0. The molecule has 0 saturated heterocycles. The zero-order valence-electron chi connectivity index (χ0n) is 7.52. The lowest BCUT2D eigenvalue weighted by molar-refractivity contribution is 1.26. The van der Waals surface area contributed by atoms with Gasteiger partial charge < -0.3 is 10.3 Å². The van der Waals surface area contributed by atoms with Gasteiger partial charge in [-0.25, -0.2) is 0 Å². The zero-order valence-corrected chi connectivity index (χ0v) is 7.52. The SMILES string of the molecule is C=C/C=C\c1c(NC)c[nH]c1C.